The Morgan fingerprint density at radius 1 is 1.24 bits per heavy atom. The van der Waals surface area contributed by atoms with Gasteiger partial charge < -0.3 is 10.4 Å². The third kappa shape index (κ3) is 4.06. The van der Waals surface area contributed by atoms with Gasteiger partial charge in [0.1, 0.15) is 0 Å². The second-order valence-corrected chi connectivity index (χ2v) is 6.54. The molecule has 1 fully saturated rings. The summed E-state index contributed by atoms with van der Waals surface area (Å²) in [4.78, 5) is 23.8. The quantitative estimate of drug-likeness (QED) is 0.817. The van der Waals surface area contributed by atoms with Crippen LogP contribution in [0, 0.1) is 12.8 Å². The number of carboxylic acids is 1. The number of halogens is 1. The van der Waals surface area contributed by atoms with Gasteiger partial charge in [-0.1, -0.05) is 41.3 Å². The summed E-state index contributed by atoms with van der Waals surface area (Å²) in [5.74, 6) is -1.48. The van der Waals surface area contributed by atoms with Crippen molar-refractivity contribution in [2.24, 2.45) is 5.92 Å². The summed E-state index contributed by atoms with van der Waals surface area (Å²) in [5.41, 5.74) is 1.48. The van der Waals surface area contributed by atoms with Crippen molar-refractivity contribution < 1.29 is 14.7 Å². The number of rotatable bonds is 3. The minimum atomic E-state index is -0.812. The molecule has 0 heterocycles. The van der Waals surface area contributed by atoms with Gasteiger partial charge >= 0.3 is 5.97 Å². The van der Waals surface area contributed by atoms with Gasteiger partial charge in [-0.15, -0.1) is 0 Å². The molecule has 0 saturated heterocycles. The topological polar surface area (TPSA) is 66.4 Å². The van der Waals surface area contributed by atoms with Crippen LogP contribution in [-0.4, -0.2) is 23.0 Å². The van der Waals surface area contributed by atoms with E-state index in [4.69, 9.17) is 0 Å². The summed E-state index contributed by atoms with van der Waals surface area (Å²) in [6, 6.07) is 5.26. The molecule has 2 rings (SSSR count). The highest BCUT2D eigenvalue weighted by molar-refractivity contribution is 9.10. The lowest BCUT2D eigenvalue weighted by Gasteiger charge is -2.23. The molecule has 1 aromatic rings. The fraction of sp³-hybridized carbons (Fsp3) is 0.500. The van der Waals surface area contributed by atoms with Gasteiger partial charge in [-0.2, -0.15) is 0 Å². The molecule has 1 aliphatic carbocycles. The molecule has 0 aliphatic heterocycles. The maximum atomic E-state index is 12.4. The van der Waals surface area contributed by atoms with Crippen LogP contribution < -0.4 is 5.32 Å². The summed E-state index contributed by atoms with van der Waals surface area (Å²) in [6.45, 7) is 1.88. The van der Waals surface area contributed by atoms with E-state index in [1.807, 2.05) is 19.1 Å². The Bertz CT molecular complexity index is 544. The molecular formula is C16H20BrNO3. The molecule has 1 saturated carbocycles. The van der Waals surface area contributed by atoms with Crippen molar-refractivity contribution in [3.8, 4) is 0 Å². The van der Waals surface area contributed by atoms with E-state index in [2.05, 4.69) is 21.2 Å². The number of carbonyl (C=O) groups is 2. The number of hydrogen-bond acceptors (Lipinski definition) is 2. The zero-order chi connectivity index (χ0) is 15.4. The summed E-state index contributed by atoms with van der Waals surface area (Å²) in [5, 5.41) is 12.3. The Kier molecular flexibility index (Phi) is 5.39. The van der Waals surface area contributed by atoms with Crippen LogP contribution in [0.15, 0.2) is 22.7 Å². The van der Waals surface area contributed by atoms with Gasteiger partial charge in [0.15, 0.2) is 0 Å². The predicted octanol–water partition coefficient (Wildman–Crippen LogP) is 3.52. The lowest BCUT2D eigenvalue weighted by atomic mass is 9.94. The van der Waals surface area contributed by atoms with Crippen molar-refractivity contribution in [3.05, 3.63) is 33.8 Å². The molecule has 1 aliphatic rings. The molecule has 114 valence electrons. The highest BCUT2D eigenvalue weighted by Crippen LogP contribution is 2.25. The third-order valence-electron chi connectivity index (χ3n) is 4.09. The first kappa shape index (κ1) is 16.0. The largest absolute Gasteiger partial charge is 0.481 e. The maximum absolute atomic E-state index is 12.4. The number of benzene rings is 1. The second-order valence-electron chi connectivity index (χ2n) is 5.62. The summed E-state index contributed by atoms with van der Waals surface area (Å²) in [7, 11) is 0. The molecule has 2 N–H and O–H groups in total. The van der Waals surface area contributed by atoms with Crippen molar-refractivity contribution in [3.63, 3.8) is 0 Å². The van der Waals surface area contributed by atoms with Crippen molar-refractivity contribution >= 4 is 27.8 Å². The summed E-state index contributed by atoms with van der Waals surface area (Å²) in [6.07, 6.45) is 4.28. The number of nitrogens with one attached hydrogen (secondary N) is 1. The van der Waals surface area contributed by atoms with Crippen LogP contribution in [0.1, 0.15) is 48.0 Å². The third-order valence-corrected chi connectivity index (χ3v) is 4.59. The highest BCUT2D eigenvalue weighted by Gasteiger charge is 2.31. The minimum Gasteiger partial charge on any atom is -0.481 e. The van der Waals surface area contributed by atoms with Gasteiger partial charge in [0.25, 0.3) is 5.91 Å². The number of hydrogen-bond donors (Lipinski definition) is 2. The van der Waals surface area contributed by atoms with E-state index >= 15 is 0 Å². The molecular weight excluding hydrogens is 334 g/mol. The first-order chi connectivity index (χ1) is 9.99. The van der Waals surface area contributed by atoms with Crippen LogP contribution in [0.3, 0.4) is 0 Å². The molecule has 1 aromatic carbocycles. The van der Waals surface area contributed by atoms with E-state index in [1.165, 1.54) is 0 Å². The van der Waals surface area contributed by atoms with E-state index in [9.17, 15) is 14.7 Å². The zero-order valence-corrected chi connectivity index (χ0v) is 13.6. The zero-order valence-electron chi connectivity index (χ0n) is 12.1. The smallest absolute Gasteiger partial charge is 0.308 e. The Balaban J connectivity index is 2.16. The molecule has 5 heteroatoms. The number of carbonyl (C=O) groups excluding carboxylic acids is 1. The fourth-order valence-electron chi connectivity index (χ4n) is 2.86. The second kappa shape index (κ2) is 7.07. The predicted molar refractivity (Wildman–Crippen MR) is 84.3 cm³/mol. The average Bonchev–Trinajstić information content (AvgIpc) is 2.67. The first-order valence-electron chi connectivity index (χ1n) is 7.29. The standard InChI is InChI=1S/C16H20BrNO3/c1-10-7-8-11(17)9-13(10)15(19)18-14-6-4-2-3-5-12(14)16(20)21/h7-9,12,14H,2-6H2,1H3,(H,18,19)(H,20,21). The van der Waals surface area contributed by atoms with Gasteiger partial charge in [-0.05, 0) is 37.5 Å². The Morgan fingerprint density at radius 2 is 1.95 bits per heavy atom. The molecule has 1 amide bonds. The normalized spacial score (nSPS) is 22.4. The minimum absolute atomic E-state index is 0.188. The van der Waals surface area contributed by atoms with E-state index in [1.54, 1.807) is 6.07 Å². The Morgan fingerprint density at radius 3 is 2.67 bits per heavy atom. The fourth-order valence-corrected chi connectivity index (χ4v) is 3.22. The molecule has 0 aromatic heterocycles. The van der Waals surface area contributed by atoms with E-state index < -0.39 is 11.9 Å². The van der Waals surface area contributed by atoms with Gasteiger partial charge in [0.2, 0.25) is 0 Å². The SMILES string of the molecule is Cc1ccc(Br)cc1C(=O)NC1CCCCCC1C(=O)O. The van der Waals surface area contributed by atoms with Crippen molar-refractivity contribution in [2.75, 3.05) is 0 Å². The highest BCUT2D eigenvalue weighted by atomic mass is 79.9. The summed E-state index contributed by atoms with van der Waals surface area (Å²) >= 11 is 3.36. The lowest BCUT2D eigenvalue weighted by molar-refractivity contribution is -0.142. The molecule has 21 heavy (non-hydrogen) atoms. The van der Waals surface area contributed by atoms with Crippen LogP contribution in [0.25, 0.3) is 0 Å². The Labute approximate surface area is 133 Å². The molecule has 2 atom stereocenters. The maximum Gasteiger partial charge on any atom is 0.308 e. The van der Waals surface area contributed by atoms with Crippen LogP contribution in [0.2, 0.25) is 0 Å². The van der Waals surface area contributed by atoms with Crippen molar-refractivity contribution in [2.45, 2.75) is 45.1 Å². The van der Waals surface area contributed by atoms with Gasteiger partial charge in [-0.25, -0.2) is 0 Å². The van der Waals surface area contributed by atoms with Crippen LogP contribution in [0.4, 0.5) is 0 Å². The average molecular weight is 354 g/mol. The van der Waals surface area contributed by atoms with Crippen molar-refractivity contribution in [1.82, 2.24) is 5.32 Å². The van der Waals surface area contributed by atoms with Crippen LogP contribution >= 0.6 is 15.9 Å². The van der Waals surface area contributed by atoms with Crippen LogP contribution in [-0.2, 0) is 4.79 Å². The lowest BCUT2D eigenvalue weighted by Crippen LogP contribution is -2.43. The number of carboxylic acid groups (broad SMARTS) is 1. The molecule has 0 radical (unpaired) electrons. The van der Waals surface area contributed by atoms with Gasteiger partial charge in [0, 0.05) is 16.1 Å². The van der Waals surface area contributed by atoms with Crippen molar-refractivity contribution in [1.29, 1.82) is 0 Å². The Hall–Kier alpha value is -1.36. The monoisotopic (exact) mass is 353 g/mol. The van der Waals surface area contributed by atoms with Crippen LogP contribution in [0.5, 0.6) is 0 Å². The van der Waals surface area contributed by atoms with E-state index in [-0.39, 0.29) is 11.9 Å². The molecule has 4 nitrogen and oxygen atoms in total. The van der Waals surface area contributed by atoms with Gasteiger partial charge in [-0.3, -0.25) is 9.59 Å². The van der Waals surface area contributed by atoms with Gasteiger partial charge in [0.05, 0.1) is 5.92 Å². The molecule has 0 bridgehead atoms. The first-order valence-corrected chi connectivity index (χ1v) is 8.08. The summed E-state index contributed by atoms with van der Waals surface area (Å²) < 4.78 is 0.842. The van der Waals surface area contributed by atoms with E-state index in [0.29, 0.717) is 12.0 Å². The number of amides is 1. The molecule has 2 unspecified atom stereocenters. The number of aryl methyl sites for hydroxylation is 1. The number of aliphatic carboxylic acids is 1. The van der Waals surface area contributed by atoms with E-state index in [0.717, 1.165) is 35.7 Å². The molecule has 0 spiro atoms.